The Morgan fingerprint density at radius 2 is 2.00 bits per heavy atom. The number of fused-ring (bicyclic) bond motifs is 1. The molecule has 2 aromatic rings. The molecule has 1 saturated carbocycles. The van der Waals surface area contributed by atoms with E-state index in [1.54, 1.807) is 18.2 Å². The van der Waals surface area contributed by atoms with E-state index >= 15 is 0 Å². The average Bonchev–Trinajstić information content (AvgIpc) is 3.75. The number of Topliss-reactive ketones (excluding diaryl/α,β-unsaturated/α-hetero) is 1. The molecule has 10 heteroatoms. The maximum atomic E-state index is 12.5. The third-order valence-electron chi connectivity index (χ3n) is 9.84. The van der Waals surface area contributed by atoms with Crippen LogP contribution in [0, 0.1) is 5.92 Å². The number of aryl methyl sites for hydroxylation is 1. The van der Waals surface area contributed by atoms with Crippen LogP contribution in [-0.2, 0) is 16.6 Å². The lowest BCUT2D eigenvalue weighted by Crippen LogP contribution is -2.28. The normalized spacial score (nSPS) is 21.8. The number of carbonyl (C=O) groups is 1. The summed E-state index contributed by atoms with van der Waals surface area (Å²) in [5.74, 6) is 0.677. The topological polar surface area (TPSA) is 175 Å². The lowest BCUT2D eigenvalue weighted by Gasteiger charge is -2.33. The molecule has 0 radical (unpaired) electrons. The number of phenolic OH excluding ortho intramolecular Hbond substituents is 1. The van der Waals surface area contributed by atoms with Crippen LogP contribution in [0.1, 0.15) is 87.6 Å². The molecule has 4 atom stereocenters. The highest BCUT2D eigenvalue weighted by atomic mass is 16.5. The summed E-state index contributed by atoms with van der Waals surface area (Å²) in [4.78, 5) is 19.3. The Morgan fingerprint density at radius 3 is 2.77 bits per heavy atom. The number of allylic oxidation sites excluding steroid dienone is 1. The van der Waals surface area contributed by atoms with Gasteiger partial charge in [-0.1, -0.05) is 43.7 Å². The number of aromatic hydroxyl groups is 1. The third-order valence-corrected chi connectivity index (χ3v) is 9.84. The van der Waals surface area contributed by atoms with Crippen LogP contribution in [-0.4, -0.2) is 68.9 Å². The lowest BCUT2D eigenvalue weighted by molar-refractivity contribution is -0.121. The Morgan fingerprint density at radius 1 is 1.17 bits per heavy atom. The number of aliphatic hydroxyl groups excluding tert-OH is 3. The quantitative estimate of drug-likeness (QED) is 0.138. The number of nitrogens with two attached hydrogens (primary N) is 2. The summed E-state index contributed by atoms with van der Waals surface area (Å²) in [7, 11) is 0. The van der Waals surface area contributed by atoms with Crippen molar-refractivity contribution in [3.8, 4) is 11.5 Å². The van der Waals surface area contributed by atoms with Gasteiger partial charge in [-0.25, -0.2) is 0 Å². The summed E-state index contributed by atoms with van der Waals surface area (Å²) in [5, 5.41) is 40.3. The molecule has 254 valence electrons. The van der Waals surface area contributed by atoms with Gasteiger partial charge in [0.2, 0.25) is 0 Å². The summed E-state index contributed by atoms with van der Waals surface area (Å²) < 4.78 is 6.07. The SMILES string of the molecule is CCC[C@H](O)C[C@@H](O)CC(=O)CCc1ccc(O)c(OCN2C=C3C([C@@]4(c5cccc(C(N)N)c5)CC[C@H](CCO)C4)=CN=C3C2)c1. The van der Waals surface area contributed by atoms with Gasteiger partial charge in [0.1, 0.15) is 5.78 Å². The molecule has 10 nitrogen and oxygen atoms in total. The molecule has 0 saturated heterocycles. The number of ketones is 1. The molecule has 2 aliphatic heterocycles. The maximum Gasteiger partial charge on any atom is 0.163 e. The fraction of sp³-hybridized carbons (Fsp3) is 0.514. The van der Waals surface area contributed by atoms with Crippen LogP contribution >= 0.6 is 0 Å². The van der Waals surface area contributed by atoms with Crippen LogP contribution in [0.25, 0.3) is 0 Å². The summed E-state index contributed by atoms with van der Waals surface area (Å²) in [6, 6.07) is 13.3. The number of rotatable bonds is 17. The Labute approximate surface area is 277 Å². The van der Waals surface area contributed by atoms with Gasteiger partial charge in [0.15, 0.2) is 18.2 Å². The lowest BCUT2D eigenvalue weighted by atomic mass is 9.69. The Balaban J connectivity index is 1.23. The van der Waals surface area contributed by atoms with Crippen LogP contribution in [0.3, 0.4) is 0 Å². The zero-order chi connectivity index (χ0) is 33.6. The molecular weight excluding hydrogens is 596 g/mol. The van der Waals surface area contributed by atoms with Crippen molar-refractivity contribution in [3.63, 3.8) is 0 Å². The van der Waals surface area contributed by atoms with Crippen molar-refractivity contribution in [1.82, 2.24) is 4.90 Å². The number of carbonyl (C=O) groups excluding carboxylic acids is 1. The maximum absolute atomic E-state index is 12.5. The second-order valence-electron chi connectivity index (χ2n) is 13.4. The van der Waals surface area contributed by atoms with Crippen LogP contribution in [0.2, 0.25) is 0 Å². The molecule has 3 aliphatic rings. The molecule has 1 fully saturated rings. The van der Waals surface area contributed by atoms with Gasteiger partial charge in [0.05, 0.1) is 30.6 Å². The summed E-state index contributed by atoms with van der Waals surface area (Å²) in [6.07, 6.45) is 8.03. The van der Waals surface area contributed by atoms with Crippen molar-refractivity contribution in [2.75, 3.05) is 19.9 Å². The van der Waals surface area contributed by atoms with E-state index in [0.717, 1.165) is 60.1 Å². The molecule has 0 spiro atoms. The minimum Gasteiger partial charge on any atom is -0.504 e. The van der Waals surface area contributed by atoms with E-state index in [4.69, 9.17) is 21.2 Å². The Bertz CT molecular complexity index is 1500. The first kappa shape index (κ1) is 34.8. The van der Waals surface area contributed by atoms with E-state index in [9.17, 15) is 25.2 Å². The number of aliphatic hydroxyl groups is 3. The van der Waals surface area contributed by atoms with E-state index in [0.29, 0.717) is 31.1 Å². The monoisotopic (exact) mass is 646 g/mol. The summed E-state index contributed by atoms with van der Waals surface area (Å²) >= 11 is 0. The number of hydrogen-bond donors (Lipinski definition) is 6. The average molecular weight is 647 g/mol. The largest absolute Gasteiger partial charge is 0.504 e. The van der Waals surface area contributed by atoms with Gasteiger partial charge in [0, 0.05) is 42.8 Å². The minimum atomic E-state index is -0.850. The third kappa shape index (κ3) is 8.31. The van der Waals surface area contributed by atoms with Gasteiger partial charge in [-0.3, -0.25) is 9.79 Å². The molecular formula is C37H50N4O6. The molecule has 1 aliphatic carbocycles. The molecule has 5 rings (SSSR count). The van der Waals surface area contributed by atoms with Crippen molar-refractivity contribution < 1.29 is 30.0 Å². The zero-order valence-corrected chi connectivity index (χ0v) is 27.4. The van der Waals surface area contributed by atoms with Crippen LogP contribution < -0.4 is 16.2 Å². The first-order valence-electron chi connectivity index (χ1n) is 16.9. The van der Waals surface area contributed by atoms with Gasteiger partial charge in [-0.2, -0.15) is 0 Å². The predicted octanol–water partition coefficient (Wildman–Crippen LogP) is 4.11. The fourth-order valence-corrected chi connectivity index (χ4v) is 7.35. The number of phenols is 1. The highest BCUT2D eigenvalue weighted by Crippen LogP contribution is 2.54. The van der Waals surface area contributed by atoms with Gasteiger partial charge in [-0.15, -0.1) is 0 Å². The number of ether oxygens (including phenoxy) is 1. The highest BCUT2D eigenvalue weighted by Gasteiger charge is 2.47. The van der Waals surface area contributed by atoms with Crippen molar-refractivity contribution in [3.05, 3.63) is 82.7 Å². The fourth-order valence-electron chi connectivity index (χ4n) is 7.35. The van der Waals surface area contributed by atoms with E-state index in [-0.39, 0.29) is 49.5 Å². The number of hydrogen-bond acceptors (Lipinski definition) is 10. The molecule has 0 unspecified atom stereocenters. The van der Waals surface area contributed by atoms with E-state index in [1.165, 1.54) is 5.56 Å². The standard InChI is InChI=1S/C37H50N4O6/c1-2-4-28(43)17-30(45)18-29(44)9-7-24-8-10-34(46)35(15-24)47-23-41-21-31-32(20-40-33(31)22-41)37(13-11-25(19-37)12-14-42)27-6-3-5-26(16-27)36(38)39/h3,5-6,8,10,15-16,20-21,25,28,30,36,42-43,45-46H,2,4,7,9,11-14,17-19,22-23,38-39H2,1H3/t25-,28+,30-,37+/m1/s1. The van der Waals surface area contributed by atoms with Gasteiger partial charge in [-0.05, 0) is 85.3 Å². The van der Waals surface area contributed by atoms with Gasteiger partial charge >= 0.3 is 0 Å². The van der Waals surface area contributed by atoms with Crippen LogP contribution in [0.15, 0.2) is 71.0 Å². The first-order valence-corrected chi connectivity index (χ1v) is 16.9. The second kappa shape index (κ2) is 15.6. The van der Waals surface area contributed by atoms with Gasteiger partial charge < -0.3 is 41.5 Å². The number of benzene rings is 2. The van der Waals surface area contributed by atoms with E-state index in [1.807, 2.05) is 30.2 Å². The van der Waals surface area contributed by atoms with Crippen molar-refractivity contribution >= 4 is 11.5 Å². The van der Waals surface area contributed by atoms with E-state index in [2.05, 4.69) is 18.3 Å². The molecule has 0 aromatic heterocycles. The molecule has 2 aromatic carbocycles. The number of aliphatic imine (C=N–C) groups is 1. The Hall–Kier alpha value is -3.54. The molecule has 8 N–H and O–H groups in total. The summed E-state index contributed by atoms with van der Waals surface area (Å²) in [6.45, 7) is 2.91. The number of nitrogens with zero attached hydrogens (tertiary/aromatic N) is 2. The van der Waals surface area contributed by atoms with Crippen molar-refractivity contribution in [2.45, 2.75) is 94.9 Å². The molecule has 0 bridgehead atoms. The summed E-state index contributed by atoms with van der Waals surface area (Å²) in [5.41, 5.74) is 18.0. The van der Waals surface area contributed by atoms with Crippen molar-refractivity contribution in [1.29, 1.82) is 0 Å². The molecule has 2 heterocycles. The molecule has 47 heavy (non-hydrogen) atoms. The van der Waals surface area contributed by atoms with E-state index < -0.39 is 18.4 Å². The minimum absolute atomic E-state index is 0.0154. The van der Waals surface area contributed by atoms with Crippen LogP contribution in [0.5, 0.6) is 11.5 Å². The predicted molar refractivity (Wildman–Crippen MR) is 182 cm³/mol. The smallest absolute Gasteiger partial charge is 0.163 e. The first-order chi connectivity index (χ1) is 22.6. The highest BCUT2D eigenvalue weighted by molar-refractivity contribution is 6.10. The molecule has 0 amide bonds. The van der Waals surface area contributed by atoms with Crippen molar-refractivity contribution in [2.24, 2.45) is 22.4 Å². The van der Waals surface area contributed by atoms with Gasteiger partial charge in [0.25, 0.3) is 0 Å². The Kier molecular flexibility index (Phi) is 11.5. The van der Waals surface area contributed by atoms with Crippen LogP contribution in [0.4, 0.5) is 0 Å². The second-order valence-corrected chi connectivity index (χ2v) is 13.4. The zero-order valence-electron chi connectivity index (χ0n) is 27.4.